The van der Waals surface area contributed by atoms with Gasteiger partial charge in [-0.05, 0) is 58.0 Å². The summed E-state index contributed by atoms with van der Waals surface area (Å²) in [5.74, 6) is 1.67. The highest BCUT2D eigenvalue weighted by molar-refractivity contribution is 5.79. The van der Waals surface area contributed by atoms with Gasteiger partial charge in [0.2, 0.25) is 0 Å². The third-order valence-electron chi connectivity index (χ3n) is 4.13. The number of rotatable bonds is 11. The minimum Gasteiger partial charge on any atom is -0.357 e. The van der Waals surface area contributed by atoms with Crippen LogP contribution in [0.3, 0.4) is 0 Å². The summed E-state index contributed by atoms with van der Waals surface area (Å²) in [6.07, 6.45) is 5.50. The minimum absolute atomic E-state index is 0.498. The van der Waals surface area contributed by atoms with Crippen molar-refractivity contribution in [2.24, 2.45) is 4.99 Å². The average Bonchev–Trinajstić information content (AvgIpc) is 3.06. The zero-order chi connectivity index (χ0) is 18.6. The molecular formula is C19H33N7. The molecule has 0 amide bonds. The highest BCUT2D eigenvalue weighted by Gasteiger charge is 2.05. The van der Waals surface area contributed by atoms with Crippen molar-refractivity contribution in [2.75, 3.05) is 32.7 Å². The van der Waals surface area contributed by atoms with Crippen molar-refractivity contribution in [1.29, 1.82) is 0 Å². The summed E-state index contributed by atoms with van der Waals surface area (Å²) in [6, 6.07) is 5.89. The lowest BCUT2D eigenvalue weighted by Crippen LogP contribution is -2.39. The lowest BCUT2D eigenvalue weighted by atomic mass is 10.3. The number of guanidine groups is 1. The molecule has 2 aromatic rings. The number of fused-ring (bicyclic) bond motifs is 1. The molecule has 2 heterocycles. The molecule has 0 fully saturated rings. The smallest absolute Gasteiger partial charge is 0.191 e. The molecule has 0 bridgehead atoms. The Hall–Kier alpha value is -2.15. The molecule has 2 rings (SSSR count). The van der Waals surface area contributed by atoms with Crippen LogP contribution in [0, 0.1) is 0 Å². The zero-order valence-electron chi connectivity index (χ0n) is 16.4. The second-order valence-electron chi connectivity index (χ2n) is 6.36. The van der Waals surface area contributed by atoms with Gasteiger partial charge in [-0.3, -0.25) is 4.40 Å². The maximum atomic E-state index is 4.65. The highest BCUT2D eigenvalue weighted by atomic mass is 15.3. The summed E-state index contributed by atoms with van der Waals surface area (Å²) in [7, 11) is 0. The van der Waals surface area contributed by atoms with E-state index < -0.39 is 0 Å². The molecule has 0 saturated heterocycles. The van der Waals surface area contributed by atoms with E-state index in [1.54, 1.807) is 0 Å². The molecule has 0 aliphatic carbocycles. The lowest BCUT2D eigenvalue weighted by Gasteiger charge is -2.21. The Morgan fingerprint density at radius 1 is 1.08 bits per heavy atom. The van der Waals surface area contributed by atoms with Crippen LogP contribution in [-0.4, -0.2) is 58.2 Å². The fraction of sp³-hybridized carbons (Fsp3) is 0.632. The number of aliphatic imine (C=N–C) groups is 1. The van der Waals surface area contributed by atoms with Crippen LogP contribution < -0.4 is 10.6 Å². The van der Waals surface area contributed by atoms with E-state index in [-0.39, 0.29) is 0 Å². The predicted octanol–water partition coefficient (Wildman–Crippen LogP) is 2.30. The van der Waals surface area contributed by atoms with Crippen molar-refractivity contribution < 1.29 is 0 Å². The molecule has 0 atom stereocenters. The summed E-state index contributed by atoms with van der Waals surface area (Å²) >= 11 is 0. The zero-order valence-corrected chi connectivity index (χ0v) is 16.4. The van der Waals surface area contributed by atoms with Gasteiger partial charge in [-0.15, -0.1) is 10.2 Å². The molecule has 0 aliphatic rings. The molecule has 0 unspecified atom stereocenters. The predicted molar refractivity (Wildman–Crippen MR) is 107 cm³/mol. The first-order chi connectivity index (χ1) is 12.8. The Labute approximate surface area is 156 Å². The largest absolute Gasteiger partial charge is 0.357 e. The molecule has 7 nitrogen and oxygen atoms in total. The van der Waals surface area contributed by atoms with E-state index in [1.165, 1.54) is 25.9 Å². The van der Waals surface area contributed by atoms with Crippen LogP contribution in [-0.2, 0) is 6.54 Å². The van der Waals surface area contributed by atoms with Crippen LogP contribution in [0.1, 0.15) is 45.9 Å². The van der Waals surface area contributed by atoms with Crippen molar-refractivity contribution in [3.05, 3.63) is 30.2 Å². The van der Waals surface area contributed by atoms with Crippen LogP contribution in [0.25, 0.3) is 5.65 Å². The van der Waals surface area contributed by atoms with Crippen LogP contribution >= 0.6 is 0 Å². The number of nitrogens with one attached hydrogen (secondary N) is 2. The maximum absolute atomic E-state index is 4.65. The topological polar surface area (TPSA) is 69.8 Å². The van der Waals surface area contributed by atoms with Gasteiger partial charge < -0.3 is 15.5 Å². The van der Waals surface area contributed by atoms with Gasteiger partial charge in [0, 0.05) is 19.3 Å². The van der Waals surface area contributed by atoms with E-state index in [0.717, 1.165) is 43.5 Å². The van der Waals surface area contributed by atoms with Crippen LogP contribution in [0.4, 0.5) is 0 Å². The molecule has 0 aliphatic heterocycles. The van der Waals surface area contributed by atoms with Crippen LogP contribution in [0.15, 0.2) is 29.4 Å². The molecule has 0 aromatic carbocycles. The Balaban J connectivity index is 1.84. The number of nitrogens with zero attached hydrogens (tertiary/aromatic N) is 5. The standard InChI is InChI=1S/C19H33N7/c1-4-12-25(13-5-2)14-9-11-21-19(20-6-3)22-16-18-24-23-17-10-7-8-15-26(17)18/h7-8,10,15H,4-6,9,11-14,16H2,1-3H3,(H2,20,21,22). The van der Waals surface area contributed by atoms with Gasteiger partial charge in [0.15, 0.2) is 17.4 Å². The first kappa shape index (κ1) is 20.2. The van der Waals surface area contributed by atoms with Crippen LogP contribution in [0.5, 0.6) is 0 Å². The summed E-state index contributed by atoms with van der Waals surface area (Å²) in [4.78, 5) is 7.19. The number of aromatic nitrogens is 3. The molecule has 26 heavy (non-hydrogen) atoms. The van der Waals surface area contributed by atoms with Crippen molar-refractivity contribution in [2.45, 2.75) is 46.6 Å². The molecule has 0 spiro atoms. The van der Waals surface area contributed by atoms with E-state index in [0.29, 0.717) is 6.54 Å². The third kappa shape index (κ3) is 6.29. The number of pyridine rings is 1. The van der Waals surface area contributed by atoms with E-state index in [9.17, 15) is 0 Å². The molecule has 0 saturated carbocycles. The molecule has 0 radical (unpaired) electrons. The molecule has 7 heteroatoms. The van der Waals surface area contributed by atoms with Gasteiger partial charge in [0.05, 0.1) is 0 Å². The normalized spacial score (nSPS) is 12.1. The van der Waals surface area contributed by atoms with Crippen LogP contribution in [0.2, 0.25) is 0 Å². The quantitative estimate of drug-likeness (QED) is 0.366. The van der Waals surface area contributed by atoms with Gasteiger partial charge in [-0.2, -0.15) is 0 Å². The van der Waals surface area contributed by atoms with E-state index in [1.807, 2.05) is 28.8 Å². The third-order valence-corrected chi connectivity index (χ3v) is 4.13. The lowest BCUT2D eigenvalue weighted by molar-refractivity contribution is 0.271. The SMILES string of the molecule is CCCN(CCC)CCCNC(=NCc1nnc2ccccn12)NCC. The van der Waals surface area contributed by atoms with Gasteiger partial charge in [0.25, 0.3) is 0 Å². The highest BCUT2D eigenvalue weighted by Crippen LogP contribution is 2.03. The Bertz CT molecular complexity index is 659. The number of hydrogen-bond donors (Lipinski definition) is 2. The summed E-state index contributed by atoms with van der Waals surface area (Å²) in [6.45, 7) is 12.3. The monoisotopic (exact) mass is 359 g/mol. The van der Waals surface area contributed by atoms with Gasteiger partial charge in [-0.25, -0.2) is 4.99 Å². The van der Waals surface area contributed by atoms with Gasteiger partial charge in [0.1, 0.15) is 6.54 Å². The minimum atomic E-state index is 0.498. The Kier molecular flexibility index (Phi) is 8.89. The van der Waals surface area contributed by atoms with E-state index in [4.69, 9.17) is 0 Å². The van der Waals surface area contributed by atoms with Crippen molar-refractivity contribution in [3.8, 4) is 0 Å². The summed E-state index contributed by atoms with van der Waals surface area (Å²) < 4.78 is 1.97. The summed E-state index contributed by atoms with van der Waals surface area (Å²) in [5.41, 5.74) is 0.850. The van der Waals surface area contributed by atoms with E-state index in [2.05, 4.69) is 51.5 Å². The Morgan fingerprint density at radius 2 is 1.88 bits per heavy atom. The second kappa shape index (κ2) is 11.5. The van der Waals surface area contributed by atoms with Crippen molar-refractivity contribution in [1.82, 2.24) is 30.1 Å². The van der Waals surface area contributed by atoms with Crippen molar-refractivity contribution in [3.63, 3.8) is 0 Å². The Morgan fingerprint density at radius 3 is 2.62 bits per heavy atom. The maximum Gasteiger partial charge on any atom is 0.191 e. The molecule has 2 aromatic heterocycles. The summed E-state index contributed by atoms with van der Waals surface area (Å²) in [5, 5.41) is 15.1. The molecular weight excluding hydrogens is 326 g/mol. The first-order valence-corrected chi connectivity index (χ1v) is 9.81. The number of hydrogen-bond acceptors (Lipinski definition) is 4. The van der Waals surface area contributed by atoms with E-state index >= 15 is 0 Å². The van der Waals surface area contributed by atoms with Gasteiger partial charge in [-0.1, -0.05) is 19.9 Å². The van der Waals surface area contributed by atoms with Crippen molar-refractivity contribution >= 4 is 11.6 Å². The average molecular weight is 360 g/mol. The van der Waals surface area contributed by atoms with Gasteiger partial charge >= 0.3 is 0 Å². The molecule has 144 valence electrons. The molecule has 2 N–H and O–H groups in total. The fourth-order valence-electron chi connectivity index (χ4n) is 2.97. The first-order valence-electron chi connectivity index (χ1n) is 9.81. The second-order valence-corrected chi connectivity index (χ2v) is 6.36. The fourth-order valence-corrected chi connectivity index (χ4v) is 2.97.